The maximum absolute atomic E-state index is 14.0. The summed E-state index contributed by atoms with van der Waals surface area (Å²) in [6.07, 6.45) is 0. The summed E-state index contributed by atoms with van der Waals surface area (Å²) in [6, 6.07) is 19.6. The van der Waals surface area contributed by atoms with Gasteiger partial charge < -0.3 is 10.1 Å². The summed E-state index contributed by atoms with van der Waals surface area (Å²) in [5, 5.41) is 3.75. The van der Waals surface area contributed by atoms with Gasteiger partial charge in [0.05, 0.1) is 0 Å². The van der Waals surface area contributed by atoms with Crippen LogP contribution in [0.25, 0.3) is 0 Å². The van der Waals surface area contributed by atoms with Gasteiger partial charge >= 0.3 is 0 Å². The van der Waals surface area contributed by atoms with Crippen LogP contribution in [0.1, 0.15) is 57.2 Å². The Hall–Kier alpha value is -2.92. The monoisotopic (exact) mass is 499 g/mol. The molecule has 0 aliphatic rings. The Morgan fingerprint density at radius 3 is 2.03 bits per heavy atom. The van der Waals surface area contributed by atoms with E-state index >= 15 is 0 Å². The molecule has 0 radical (unpaired) electrons. The van der Waals surface area contributed by atoms with E-state index in [0.717, 1.165) is 23.3 Å². The maximum atomic E-state index is 14.0. The summed E-state index contributed by atoms with van der Waals surface area (Å²) >= 11 is 6.12. The molecule has 0 saturated carbocycles. The van der Waals surface area contributed by atoms with Gasteiger partial charge in [-0.25, -0.2) is 8.78 Å². The third-order valence-corrected chi connectivity index (χ3v) is 6.81. The highest BCUT2D eigenvalue weighted by Gasteiger charge is 2.39. The second-order valence-corrected chi connectivity index (χ2v) is 10.4. The molecule has 0 heterocycles. The summed E-state index contributed by atoms with van der Waals surface area (Å²) in [5.74, 6) is -1.98. The van der Waals surface area contributed by atoms with Gasteiger partial charge in [-0.1, -0.05) is 67.9 Å². The average Bonchev–Trinajstić information content (AvgIpc) is 2.78. The van der Waals surface area contributed by atoms with Crippen LogP contribution < -0.4 is 10.1 Å². The SMILES string of the molecule is Cc1c(F)cc(OC(C)(C)C(=O)N[C@@H](C)[C@H](c2ccccc2)C(C)(C)c2ccc(Cl)cc2)cc1F. The molecule has 3 rings (SSSR count). The summed E-state index contributed by atoms with van der Waals surface area (Å²) in [6.45, 7) is 10.7. The van der Waals surface area contributed by atoms with Crippen LogP contribution in [0.3, 0.4) is 0 Å². The Balaban J connectivity index is 1.88. The number of nitrogens with one attached hydrogen (secondary N) is 1. The molecule has 2 atom stereocenters. The number of rotatable bonds is 8. The molecular formula is C29H32ClF2NO2. The van der Waals surface area contributed by atoms with E-state index in [1.807, 2.05) is 61.5 Å². The Kier molecular flexibility index (Phi) is 7.90. The van der Waals surface area contributed by atoms with E-state index in [9.17, 15) is 13.6 Å². The van der Waals surface area contributed by atoms with E-state index in [4.69, 9.17) is 16.3 Å². The van der Waals surface area contributed by atoms with Gasteiger partial charge in [0.1, 0.15) is 17.4 Å². The van der Waals surface area contributed by atoms with Gasteiger partial charge in [0.15, 0.2) is 5.60 Å². The lowest BCUT2D eigenvalue weighted by Gasteiger charge is -2.40. The van der Waals surface area contributed by atoms with Crippen molar-refractivity contribution in [1.82, 2.24) is 5.32 Å². The quantitative estimate of drug-likeness (QED) is 0.352. The lowest BCUT2D eigenvalue weighted by atomic mass is 9.67. The zero-order valence-corrected chi connectivity index (χ0v) is 21.7. The van der Waals surface area contributed by atoms with Crippen LogP contribution in [0, 0.1) is 18.6 Å². The van der Waals surface area contributed by atoms with Gasteiger partial charge in [-0.3, -0.25) is 4.79 Å². The van der Waals surface area contributed by atoms with E-state index in [-0.39, 0.29) is 34.6 Å². The third-order valence-electron chi connectivity index (χ3n) is 6.56. The van der Waals surface area contributed by atoms with Gasteiger partial charge in [0.25, 0.3) is 5.91 Å². The van der Waals surface area contributed by atoms with E-state index < -0.39 is 17.2 Å². The first kappa shape index (κ1) is 26.7. The summed E-state index contributed by atoms with van der Waals surface area (Å²) in [4.78, 5) is 13.3. The molecule has 0 aromatic heterocycles. The van der Waals surface area contributed by atoms with Crippen LogP contribution in [0.15, 0.2) is 66.7 Å². The summed E-state index contributed by atoms with van der Waals surface area (Å²) in [7, 11) is 0. The number of hydrogen-bond acceptors (Lipinski definition) is 2. The molecule has 0 spiro atoms. The molecule has 0 saturated heterocycles. The highest BCUT2D eigenvalue weighted by molar-refractivity contribution is 6.30. The van der Waals surface area contributed by atoms with Crippen LogP contribution in [0.4, 0.5) is 8.78 Å². The van der Waals surface area contributed by atoms with E-state index in [2.05, 4.69) is 19.2 Å². The molecule has 1 amide bonds. The molecule has 35 heavy (non-hydrogen) atoms. The smallest absolute Gasteiger partial charge is 0.263 e. The molecule has 0 aliphatic carbocycles. The normalized spacial score (nSPS) is 13.7. The number of ether oxygens (including phenoxy) is 1. The highest BCUT2D eigenvalue weighted by atomic mass is 35.5. The molecule has 0 bridgehead atoms. The molecule has 3 aromatic carbocycles. The van der Waals surface area contributed by atoms with Crippen molar-refractivity contribution in [3.05, 3.63) is 100 Å². The molecule has 186 valence electrons. The van der Waals surface area contributed by atoms with Crippen molar-refractivity contribution < 1.29 is 18.3 Å². The van der Waals surface area contributed by atoms with Gasteiger partial charge in [0.2, 0.25) is 0 Å². The number of carbonyl (C=O) groups is 1. The lowest BCUT2D eigenvalue weighted by molar-refractivity contribution is -0.135. The molecule has 0 unspecified atom stereocenters. The fraction of sp³-hybridized carbons (Fsp3) is 0.345. The molecule has 1 N–H and O–H groups in total. The second kappa shape index (κ2) is 10.4. The van der Waals surface area contributed by atoms with Crippen LogP contribution in [-0.4, -0.2) is 17.6 Å². The minimum atomic E-state index is -1.37. The molecule has 6 heteroatoms. The number of carbonyl (C=O) groups excluding carboxylic acids is 1. The first-order chi connectivity index (χ1) is 16.3. The molecule has 3 nitrogen and oxygen atoms in total. The number of halogens is 3. The standard InChI is InChI=1S/C29H32ClF2NO2/c1-18-24(31)16-23(17-25(18)32)35-29(5,6)27(34)33-19(2)26(20-10-8-7-9-11-20)28(3,4)21-12-14-22(30)15-13-21/h7-17,19,26H,1-6H3,(H,33,34)/t19-,26+/m0/s1. The molecule has 3 aromatic rings. The second-order valence-electron chi connectivity index (χ2n) is 10.0. The summed E-state index contributed by atoms with van der Waals surface area (Å²) < 4.78 is 33.8. The van der Waals surface area contributed by atoms with Gasteiger partial charge in [-0.15, -0.1) is 0 Å². The van der Waals surface area contributed by atoms with Crippen LogP contribution in [0.5, 0.6) is 5.75 Å². The van der Waals surface area contributed by atoms with Crippen molar-refractivity contribution in [1.29, 1.82) is 0 Å². The van der Waals surface area contributed by atoms with Crippen molar-refractivity contribution >= 4 is 17.5 Å². The third kappa shape index (κ3) is 6.02. The van der Waals surface area contributed by atoms with Crippen molar-refractivity contribution in [3.63, 3.8) is 0 Å². The number of benzene rings is 3. The Bertz CT molecular complexity index is 1150. The van der Waals surface area contributed by atoms with E-state index in [0.29, 0.717) is 5.02 Å². The average molecular weight is 500 g/mol. The lowest BCUT2D eigenvalue weighted by Crippen LogP contribution is -2.52. The van der Waals surface area contributed by atoms with Crippen LogP contribution in [0.2, 0.25) is 5.02 Å². The van der Waals surface area contributed by atoms with Gasteiger partial charge in [-0.2, -0.15) is 0 Å². The van der Waals surface area contributed by atoms with Crippen molar-refractivity contribution in [2.24, 2.45) is 0 Å². The molecule has 0 fully saturated rings. The van der Waals surface area contributed by atoms with Crippen LogP contribution in [-0.2, 0) is 10.2 Å². The topological polar surface area (TPSA) is 38.3 Å². The molecular weight excluding hydrogens is 468 g/mol. The minimum absolute atomic E-state index is 0.0421. The minimum Gasteiger partial charge on any atom is -0.478 e. The number of amides is 1. The predicted octanol–water partition coefficient (Wildman–Crippen LogP) is 7.35. The van der Waals surface area contributed by atoms with Crippen LogP contribution >= 0.6 is 11.6 Å². The van der Waals surface area contributed by atoms with E-state index in [1.165, 1.54) is 6.92 Å². The van der Waals surface area contributed by atoms with E-state index in [1.54, 1.807) is 13.8 Å². The maximum Gasteiger partial charge on any atom is 0.263 e. The zero-order valence-electron chi connectivity index (χ0n) is 21.0. The first-order valence-corrected chi connectivity index (χ1v) is 12.0. The van der Waals surface area contributed by atoms with Gasteiger partial charge in [0, 0.05) is 34.7 Å². The Labute approximate surface area is 211 Å². The Morgan fingerprint density at radius 1 is 0.943 bits per heavy atom. The van der Waals surface area contributed by atoms with Crippen molar-refractivity contribution in [2.45, 2.75) is 64.5 Å². The molecule has 0 aliphatic heterocycles. The van der Waals surface area contributed by atoms with Gasteiger partial charge in [-0.05, 0) is 56.4 Å². The zero-order chi connectivity index (χ0) is 26.0. The fourth-order valence-electron chi connectivity index (χ4n) is 4.54. The van der Waals surface area contributed by atoms with Crippen molar-refractivity contribution in [3.8, 4) is 5.75 Å². The Morgan fingerprint density at radius 2 is 1.49 bits per heavy atom. The fourth-order valence-corrected chi connectivity index (χ4v) is 4.66. The largest absolute Gasteiger partial charge is 0.478 e. The predicted molar refractivity (Wildman–Crippen MR) is 137 cm³/mol. The highest BCUT2D eigenvalue weighted by Crippen LogP contribution is 2.41. The summed E-state index contributed by atoms with van der Waals surface area (Å²) in [5.41, 5.74) is 0.323. The number of hydrogen-bond donors (Lipinski definition) is 1. The first-order valence-electron chi connectivity index (χ1n) is 11.6. The van der Waals surface area contributed by atoms with Crippen molar-refractivity contribution in [2.75, 3.05) is 0 Å².